The normalized spacial score (nSPS) is 28.0. The van der Waals surface area contributed by atoms with Crippen molar-refractivity contribution >= 4 is 0 Å². The zero-order chi connectivity index (χ0) is 7.40. The van der Waals surface area contributed by atoms with Gasteiger partial charge in [-0.1, -0.05) is 6.08 Å². The second-order valence-electron chi connectivity index (χ2n) is 2.84. The standard InChI is InChI=1S/C8H16N2/c1-9-6-5-8-4-3-7-10(8)2/h5-6,8-9H,3-4,7H2,1-2H3/b6-5+/t8-/m0/s1. The van der Waals surface area contributed by atoms with Crippen LogP contribution in [0.25, 0.3) is 0 Å². The van der Waals surface area contributed by atoms with Crippen molar-refractivity contribution in [3.63, 3.8) is 0 Å². The predicted molar refractivity (Wildman–Crippen MR) is 43.9 cm³/mol. The smallest absolute Gasteiger partial charge is 0.0292 e. The van der Waals surface area contributed by atoms with Crippen LogP contribution in [0.1, 0.15) is 12.8 Å². The Hall–Kier alpha value is -0.500. The summed E-state index contributed by atoms with van der Waals surface area (Å²) in [6.07, 6.45) is 6.91. The van der Waals surface area contributed by atoms with Crippen LogP contribution in [-0.2, 0) is 0 Å². The van der Waals surface area contributed by atoms with Gasteiger partial charge in [-0.2, -0.15) is 0 Å². The van der Waals surface area contributed by atoms with Crippen molar-refractivity contribution in [1.82, 2.24) is 10.2 Å². The van der Waals surface area contributed by atoms with Crippen LogP contribution in [0.3, 0.4) is 0 Å². The Labute approximate surface area is 62.9 Å². The van der Waals surface area contributed by atoms with E-state index < -0.39 is 0 Å². The van der Waals surface area contributed by atoms with E-state index in [9.17, 15) is 0 Å². The van der Waals surface area contributed by atoms with Gasteiger partial charge in [-0.3, -0.25) is 4.90 Å². The molecule has 0 aromatic heterocycles. The van der Waals surface area contributed by atoms with Crippen molar-refractivity contribution in [3.8, 4) is 0 Å². The predicted octanol–water partition coefficient (Wildman–Crippen LogP) is 0.814. The molecule has 10 heavy (non-hydrogen) atoms. The second-order valence-corrected chi connectivity index (χ2v) is 2.84. The molecule has 0 bridgehead atoms. The number of rotatable bonds is 2. The molecule has 0 radical (unpaired) electrons. The minimum absolute atomic E-state index is 0.674. The van der Waals surface area contributed by atoms with Gasteiger partial charge in [0.25, 0.3) is 0 Å². The van der Waals surface area contributed by atoms with Gasteiger partial charge in [0.15, 0.2) is 0 Å². The minimum atomic E-state index is 0.674. The van der Waals surface area contributed by atoms with E-state index in [1.165, 1.54) is 19.4 Å². The molecular formula is C8H16N2. The molecule has 0 amide bonds. The van der Waals surface area contributed by atoms with Gasteiger partial charge in [-0.15, -0.1) is 0 Å². The molecule has 1 aliphatic rings. The van der Waals surface area contributed by atoms with Crippen LogP contribution in [0, 0.1) is 0 Å². The first-order valence-electron chi connectivity index (χ1n) is 3.89. The third kappa shape index (κ3) is 1.74. The van der Waals surface area contributed by atoms with Crippen LogP contribution in [0.5, 0.6) is 0 Å². The van der Waals surface area contributed by atoms with Crippen LogP contribution in [-0.4, -0.2) is 31.6 Å². The molecule has 0 saturated carbocycles. The fourth-order valence-electron chi connectivity index (χ4n) is 1.39. The van der Waals surface area contributed by atoms with E-state index in [-0.39, 0.29) is 0 Å². The number of hydrogen-bond donors (Lipinski definition) is 1. The van der Waals surface area contributed by atoms with Gasteiger partial charge in [0.05, 0.1) is 0 Å². The summed E-state index contributed by atoms with van der Waals surface area (Å²) >= 11 is 0. The first kappa shape index (κ1) is 7.61. The van der Waals surface area contributed by atoms with Gasteiger partial charge in [0, 0.05) is 13.1 Å². The molecule has 0 aromatic rings. The highest BCUT2D eigenvalue weighted by Crippen LogP contribution is 2.14. The number of nitrogens with zero attached hydrogens (tertiary/aromatic N) is 1. The maximum Gasteiger partial charge on any atom is 0.0292 e. The van der Waals surface area contributed by atoms with Gasteiger partial charge in [0.2, 0.25) is 0 Å². The lowest BCUT2D eigenvalue weighted by Crippen LogP contribution is -2.22. The van der Waals surface area contributed by atoms with Crippen LogP contribution < -0.4 is 5.32 Å². The van der Waals surface area contributed by atoms with E-state index in [1.54, 1.807) is 0 Å². The van der Waals surface area contributed by atoms with Gasteiger partial charge in [-0.25, -0.2) is 0 Å². The number of likely N-dealkylation sites (tertiary alicyclic amines) is 1. The number of nitrogens with one attached hydrogen (secondary N) is 1. The molecule has 1 fully saturated rings. The van der Waals surface area contributed by atoms with Gasteiger partial charge in [-0.05, 0) is 32.6 Å². The molecule has 0 aliphatic carbocycles. The van der Waals surface area contributed by atoms with Gasteiger partial charge >= 0.3 is 0 Å². The minimum Gasteiger partial charge on any atom is -0.394 e. The van der Waals surface area contributed by atoms with E-state index in [0.29, 0.717) is 6.04 Å². The third-order valence-electron chi connectivity index (χ3n) is 2.06. The van der Waals surface area contributed by atoms with Crippen LogP contribution in [0.4, 0.5) is 0 Å². The summed E-state index contributed by atoms with van der Waals surface area (Å²) in [4.78, 5) is 2.38. The Morgan fingerprint density at radius 2 is 2.40 bits per heavy atom. The van der Waals surface area contributed by atoms with Gasteiger partial charge in [0.1, 0.15) is 0 Å². The highest BCUT2D eigenvalue weighted by molar-refractivity contribution is 4.95. The average Bonchev–Trinajstić information content (AvgIpc) is 2.31. The summed E-state index contributed by atoms with van der Waals surface area (Å²) in [7, 11) is 4.11. The van der Waals surface area contributed by atoms with Crippen molar-refractivity contribution in [1.29, 1.82) is 0 Å². The molecule has 2 heteroatoms. The highest BCUT2D eigenvalue weighted by Gasteiger charge is 2.16. The molecule has 1 heterocycles. The lowest BCUT2D eigenvalue weighted by atomic mass is 10.2. The molecule has 1 atom stereocenters. The summed E-state index contributed by atoms with van der Waals surface area (Å²) in [5.74, 6) is 0. The summed E-state index contributed by atoms with van der Waals surface area (Å²) in [5, 5.41) is 3.01. The number of hydrogen-bond acceptors (Lipinski definition) is 2. The first-order valence-corrected chi connectivity index (χ1v) is 3.89. The molecule has 1 rings (SSSR count). The lowest BCUT2D eigenvalue weighted by molar-refractivity contribution is 0.356. The molecule has 0 aromatic carbocycles. The summed E-state index contributed by atoms with van der Waals surface area (Å²) in [6.45, 7) is 1.25. The fourth-order valence-corrected chi connectivity index (χ4v) is 1.39. The van der Waals surface area contributed by atoms with E-state index in [2.05, 4.69) is 23.3 Å². The average molecular weight is 140 g/mol. The molecular weight excluding hydrogens is 124 g/mol. The van der Waals surface area contributed by atoms with Crippen molar-refractivity contribution in [3.05, 3.63) is 12.3 Å². The molecule has 0 spiro atoms. The fraction of sp³-hybridized carbons (Fsp3) is 0.750. The van der Waals surface area contributed by atoms with Crippen LogP contribution in [0.15, 0.2) is 12.3 Å². The summed E-state index contributed by atoms with van der Waals surface area (Å²) in [5.41, 5.74) is 0. The largest absolute Gasteiger partial charge is 0.394 e. The third-order valence-corrected chi connectivity index (χ3v) is 2.06. The van der Waals surface area contributed by atoms with E-state index in [4.69, 9.17) is 0 Å². The topological polar surface area (TPSA) is 15.3 Å². The van der Waals surface area contributed by atoms with E-state index in [0.717, 1.165) is 0 Å². The first-order chi connectivity index (χ1) is 4.84. The molecule has 58 valence electrons. The zero-order valence-electron chi connectivity index (χ0n) is 6.80. The van der Waals surface area contributed by atoms with Crippen molar-refractivity contribution in [2.24, 2.45) is 0 Å². The number of likely N-dealkylation sites (N-methyl/N-ethyl adjacent to an activating group) is 1. The van der Waals surface area contributed by atoms with E-state index >= 15 is 0 Å². The van der Waals surface area contributed by atoms with Gasteiger partial charge < -0.3 is 5.32 Å². The Bertz CT molecular complexity index is 120. The molecule has 2 nitrogen and oxygen atoms in total. The van der Waals surface area contributed by atoms with Crippen molar-refractivity contribution in [2.45, 2.75) is 18.9 Å². The Balaban J connectivity index is 2.33. The van der Waals surface area contributed by atoms with E-state index in [1.807, 2.05) is 13.2 Å². The monoisotopic (exact) mass is 140 g/mol. The van der Waals surface area contributed by atoms with Crippen LogP contribution >= 0.6 is 0 Å². The SMILES string of the molecule is CN/C=C/[C@@H]1CCCN1C. The maximum atomic E-state index is 3.01. The molecule has 1 aliphatic heterocycles. The Kier molecular flexibility index (Phi) is 2.75. The van der Waals surface area contributed by atoms with Crippen molar-refractivity contribution in [2.75, 3.05) is 20.6 Å². The van der Waals surface area contributed by atoms with Crippen LogP contribution in [0.2, 0.25) is 0 Å². The van der Waals surface area contributed by atoms with Crippen molar-refractivity contribution < 1.29 is 0 Å². The molecule has 1 N–H and O–H groups in total. The Morgan fingerprint density at radius 3 is 2.90 bits per heavy atom. The molecule has 0 unspecified atom stereocenters. The second kappa shape index (κ2) is 3.62. The summed E-state index contributed by atoms with van der Waals surface area (Å²) in [6, 6.07) is 0.674. The highest BCUT2D eigenvalue weighted by atomic mass is 15.1. The Morgan fingerprint density at radius 1 is 1.60 bits per heavy atom. The zero-order valence-corrected chi connectivity index (χ0v) is 6.80. The molecule has 1 saturated heterocycles. The summed E-state index contributed by atoms with van der Waals surface area (Å²) < 4.78 is 0. The lowest BCUT2D eigenvalue weighted by Gasteiger charge is -2.14. The quantitative estimate of drug-likeness (QED) is 0.610. The maximum absolute atomic E-state index is 3.01.